The first-order valence-electron chi connectivity index (χ1n) is 8.82. The molecule has 1 aromatic heterocycles. The number of aryl methyl sites for hydroxylation is 1. The van der Waals surface area contributed by atoms with E-state index < -0.39 is 17.8 Å². The van der Waals surface area contributed by atoms with Crippen LogP contribution >= 0.6 is 11.6 Å². The van der Waals surface area contributed by atoms with Crippen molar-refractivity contribution in [3.63, 3.8) is 0 Å². The van der Waals surface area contributed by atoms with Crippen LogP contribution in [0.1, 0.15) is 23.0 Å². The van der Waals surface area contributed by atoms with Crippen molar-refractivity contribution in [2.45, 2.75) is 6.04 Å². The van der Waals surface area contributed by atoms with E-state index >= 15 is 0 Å². The Morgan fingerprint density at radius 2 is 2.17 bits per heavy atom. The molecule has 0 saturated heterocycles. The van der Waals surface area contributed by atoms with Gasteiger partial charge in [-0.15, -0.1) is 0 Å². The lowest BCUT2D eigenvalue weighted by Crippen LogP contribution is -2.30. The van der Waals surface area contributed by atoms with Crippen LogP contribution in [0.15, 0.2) is 54.9 Å². The fraction of sp³-hybridized carbons (Fsp3) is 0.143. The number of hydrogen-bond donors (Lipinski definition) is 1. The number of nitrogens with zero attached hydrogens (tertiary/aromatic N) is 2. The Balaban J connectivity index is 1.58. The molecule has 8 heteroatoms. The molecule has 6 nitrogen and oxygen atoms in total. The summed E-state index contributed by atoms with van der Waals surface area (Å²) in [5.41, 5.74) is 1.00. The predicted octanol–water partition coefficient (Wildman–Crippen LogP) is 3.86. The third kappa shape index (κ3) is 3.95. The van der Waals surface area contributed by atoms with Gasteiger partial charge in [-0.3, -0.25) is 4.79 Å². The Morgan fingerprint density at radius 1 is 1.34 bits per heavy atom. The van der Waals surface area contributed by atoms with E-state index in [1.165, 1.54) is 12.1 Å². The molecular weight excluding hydrogens is 397 g/mol. The van der Waals surface area contributed by atoms with Crippen LogP contribution < -0.4 is 14.8 Å². The van der Waals surface area contributed by atoms with Crippen molar-refractivity contribution in [1.82, 2.24) is 14.9 Å². The molecule has 4 rings (SSSR count). The number of nitrogens with one attached hydrogen (secondary N) is 1. The van der Waals surface area contributed by atoms with Crippen LogP contribution in [0.2, 0.25) is 5.02 Å². The van der Waals surface area contributed by atoms with Gasteiger partial charge < -0.3 is 19.4 Å². The summed E-state index contributed by atoms with van der Waals surface area (Å²) in [4.78, 5) is 16.9. The van der Waals surface area contributed by atoms with E-state index in [9.17, 15) is 9.18 Å². The number of carbonyl (C=O) groups is 1. The Morgan fingerprint density at radius 3 is 2.93 bits per heavy atom. The lowest BCUT2D eigenvalue weighted by atomic mass is 10.1. The number of carbonyl (C=O) groups excluding carboxylic acids is 1. The van der Waals surface area contributed by atoms with Gasteiger partial charge in [0.1, 0.15) is 17.7 Å². The number of amides is 1. The smallest absolute Gasteiger partial charge is 0.244 e. The zero-order valence-electron chi connectivity index (χ0n) is 15.4. The number of hydrogen-bond acceptors (Lipinski definition) is 4. The number of aromatic nitrogens is 2. The third-order valence-electron chi connectivity index (χ3n) is 4.50. The molecule has 29 heavy (non-hydrogen) atoms. The van der Waals surface area contributed by atoms with Crippen LogP contribution in [0.25, 0.3) is 6.08 Å². The van der Waals surface area contributed by atoms with Gasteiger partial charge >= 0.3 is 0 Å². The largest absolute Gasteiger partial charge is 0.454 e. The molecule has 1 atom stereocenters. The number of fused-ring (bicyclic) bond motifs is 1. The SMILES string of the molecule is Cn1ccnc1[C@H](NC(=O)/C=C\c1cc(Cl)c2c(c1)OCO2)c1ccccc1F. The maximum Gasteiger partial charge on any atom is 0.244 e. The van der Waals surface area contributed by atoms with Crippen molar-refractivity contribution in [1.29, 1.82) is 0 Å². The summed E-state index contributed by atoms with van der Waals surface area (Å²) in [6, 6.07) is 8.94. The minimum atomic E-state index is -0.742. The first kappa shape index (κ1) is 19.0. The number of halogens is 2. The van der Waals surface area contributed by atoms with Gasteiger partial charge in [-0.1, -0.05) is 29.8 Å². The van der Waals surface area contributed by atoms with Gasteiger partial charge in [-0.05, 0) is 29.8 Å². The second-order valence-corrected chi connectivity index (χ2v) is 6.84. The molecule has 1 aliphatic heterocycles. The van der Waals surface area contributed by atoms with Crippen LogP contribution in [0.3, 0.4) is 0 Å². The van der Waals surface area contributed by atoms with E-state index in [4.69, 9.17) is 21.1 Å². The first-order chi connectivity index (χ1) is 14.0. The van der Waals surface area contributed by atoms with Crippen LogP contribution in [0.5, 0.6) is 11.5 Å². The molecule has 0 radical (unpaired) electrons. The molecule has 148 valence electrons. The summed E-state index contributed by atoms with van der Waals surface area (Å²) >= 11 is 6.16. The number of ether oxygens (including phenoxy) is 2. The summed E-state index contributed by atoms with van der Waals surface area (Å²) in [5, 5.41) is 3.22. The number of benzene rings is 2. The van der Waals surface area contributed by atoms with Crippen molar-refractivity contribution in [3.05, 3.63) is 82.7 Å². The van der Waals surface area contributed by atoms with Gasteiger partial charge in [-0.2, -0.15) is 0 Å². The average Bonchev–Trinajstić information content (AvgIpc) is 3.34. The second kappa shape index (κ2) is 7.97. The van der Waals surface area contributed by atoms with Gasteiger partial charge in [-0.25, -0.2) is 9.37 Å². The predicted molar refractivity (Wildman–Crippen MR) is 106 cm³/mol. The monoisotopic (exact) mass is 413 g/mol. The van der Waals surface area contributed by atoms with Gasteiger partial charge in [0.05, 0.1) is 5.02 Å². The van der Waals surface area contributed by atoms with E-state index in [1.807, 2.05) is 0 Å². The Labute approximate surface area is 171 Å². The number of imidazole rings is 1. The van der Waals surface area contributed by atoms with Crippen molar-refractivity contribution < 1.29 is 18.7 Å². The quantitative estimate of drug-likeness (QED) is 0.645. The lowest BCUT2D eigenvalue weighted by molar-refractivity contribution is -0.117. The van der Waals surface area contributed by atoms with Gasteiger partial charge in [0.25, 0.3) is 0 Å². The summed E-state index contributed by atoms with van der Waals surface area (Å²) in [7, 11) is 1.78. The fourth-order valence-electron chi connectivity index (χ4n) is 3.09. The summed E-state index contributed by atoms with van der Waals surface area (Å²) < 4.78 is 26.7. The highest BCUT2D eigenvalue weighted by molar-refractivity contribution is 6.32. The molecule has 2 aromatic carbocycles. The molecule has 2 heterocycles. The highest BCUT2D eigenvalue weighted by Crippen LogP contribution is 2.40. The second-order valence-electron chi connectivity index (χ2n) is 6.43. The molecule has 1 amide bonds. The Hall–Kier alpha value is -3.32. The number of rotatable bonds is 5. The normalized spacial score (nSPS) is 13.6. The molecule has 1 N–H and O–H groups in total. The average molecular weight is 414 g/mol. The molecule has 0 bridgehead atoms. The van der Waals surface area contributed by atoms with E-state index in [-0.39, 0.29) is 6.79 Å². The minimum Gasteiger partial charge on any atom is -0.454 e. The topological polar surface area (TPSA) is 65.4 Å². The van der Waals surface area contributed by atoms with E-state index in [0.29, 0.717) is 33.5 Å². The molecule has 0 fully saturated rings. The standard InChI is InChI=1S/C21H17ClFN3O3/c1-26-9-8-24-21(26)19(14-4-2-3-5-16(14)23)25-18(27)7-6-13-10-15(22)20-17(11-13)28-12-29-20/h2-11,19H,12H2,1H3,(H,25,27)/b7-6-/t19-/m1/s1. The maximum absolute atomic E-state index is 14.4. The van der Waals surface area contributed by atoms with E-state index in [0.717, 1.165) is 0 Å². The lowest BCUT2D eigenvalue weighted by Gasteiger charge is -2.19. The Kier molecular flexibility index (Phi) is 5.22. The molecule has 3 aromatic rings. The van der Waals surface area contributed by atoms with Gasteiger partial charge in [0, 0.05) is 31.1 Å². The van der Waals surface area contributed by atoms with Gasteiger partial charge in [0.2, 0.25) is 12.7 Å². The molecular formula is C21H17ClFN3O3. The summed E-state index contributed by atoms with van der Waals surface area (Å²) in [6.45, 7) is 0.108. The Bertz CT molecular complexity index is 1100. The molecule has 1 aliphatic rings. The first-order valence-corrected chi connectivity index (χ1v) is 9.20. The van der Waals surface area contributed by atoms with Crippen LogP contribution in [-0.2, 0) is 11.8 Å². The highest BCUT2D eigenvalue weighted by atomic mass is 35.5. The fourth-order valence-corrected chi connectivity index (χ4v) is 3.37. The van der Waals surface area contributed by atoms with Crippen molar-refractivity contribution in [2.75, 3.05) is 6.79 Å². The summed E-state index contributed by atoms with van der Waals surface area (Å²) in [5.74, 6) is 0.697. The highest BCUT2D eigenvalue weighted by Gasteiger charge is 2.23. The van der Waals surface area contributed by atoms with Crippen LogP contribution in [-0.4, -0.2) is 22.3 Å². The van der Waals surface area contributed by atoms with E-state index in [1.54, 1.807) is 60.4 Å². The zero-order chi connectivity index (χ0) is 20.4. The molecule has 0 aliphatic carbocycles. The summed E-state index contributed by atoms with van der Waals surface area (Å²) in [6.07, 6.45) is 6.28. The van der Waals surface area contributed by atoms with Crippen molar-refractivity contribution >= 4 is 23.6 Å². The molecule has 0 spiro atoms. The van der Waals surface area contributed by atoms with Crippen molar-refractivity contribution in [2.24, 2.45) is 7.05 Å². The molecule has 0 unspecified atom stereocenters. The molecule has 0 saturated carbocycles. The van der Waals surface area contributed by atoms with Gasteiger partial charge in [0.15, 0.2) is 11.5 Å². The van der Waals surface area contributed by atoms with Crippen molar-refractivity contribution in [3.8, 4) is 11.5 Å². The minimum absolute atomic E-state index is 0.108. The maximum atomic E-state index is 14.4. The van der Waals surface area contributed by atoms with Crippen LogP contribution in [0.4, 0.5) is 4.39 Å². The zero-order valence-corrected chi connectivity index (χ0v) is 16.2. The third-order valence-corrected chi connectivity index (χ3v) is 4.78. The van der Waals surface area contributed by atoms with Crippen LogP contribution in [0, 0.1) is 5.82 Å². The van der Waals surface area contributed by atoms with E-state index in [2.05, 4.69) is 10.3 Å².